The van der Waals surface area contributed by atoms with Crippen molar-refractivity contribution in [3.05, 3.63) is 58.0 Å². The van der Waals surface area contributed by atoms with E-state index < -0.39 is 0 Å². The van der Waals surface area contributed by atoms with Crippen LogP contribution < -0.4 is 5.56 Å². The van der Waals surface area contributed by atoms with E-state index in [4.69, 9.17) is 0 Å². The van der Waals surface area contributed by atoms with E-state index in [9.17, 15) is 4.79 Å². The SMILES string of the molecule is CC[C@H](C)Sc1nc(Cc2ccccc2)cc(=O)[nH]1. The van der Waals surface area contributed by atoms with Crippen LogP contribution in [0.2, 0.25) is 0 Å². The van der Waals surface area contributed by atoms with Crippen molar-refractivity contribution in [3.8, 4) is 0 Å². The van der Waals surface area contributed by atoms with E-state index in [-0.39, 0.29) is 5.56 Å². The molecule has 0 saturated carbocycles. The highest BCUT2D eigenvalue weighted by Gasteiger charge is 2.07. The third kappa shape index (κ3) is 4.24. The molecule has 100 valence electrons. The maximum absolute atomic E-state index is 11.7. The van der Waals surface area contributed by atoms with E-state index in [1.54, 1.807) is 17.8 Å². The predicted octanol–water partition coefficient (Wildman–Crippen LogP) is 3.25. The molecular formula is C15H18N2OS. The van der Waals surface area contributed by atoms with Crippen LogP contribution in [-0.4, -0.2) is 15.2 Å². The van der Waals surface area contributed by atoms with E-state index in [1.807, 2.05) is 30.3 Å². The Morgan fingerprint density at radius 3 is 2.74 bits per heavy atom. The Labute approximate surface area is 117 Å². The molecule has 0 unspecified atom stereocenters. The fourth-order valence-corrected chi connectivity index (χ4v) is 2.59. The summed E-state index contributed by atoms with van der Waals surface area (Å²) < 4.78 is 0. The molecular weight excluding hydrogens is 256 g/mol. The molecule has 1 atom stereocenters. The zero-order valence-electron chi connectivity index (χ0n) is 11.2. The zero-order chi connectivity index (χ0) is 13.7. The van der Waals surface area contributed by atoms with Gasteiger partial charge in [-0.3, -0.25) is 4.79 Å². The summed E-state index contributed by atoms with van der Waals surface area (Å²) in [4.78, 5) is 19.0. The average Bonchev–Trinajstić information content (AvgIpc) is 2.39. The first-order chi connectivity index (χ1) is 9.17. The highest BCUT2D eigenvalue weighted by Crippen LogP contribution is 2.20. The van der Waals surface area contributed by atoms with Crippen molar-refractivity contribution in [1.82, 2.24) is 9.97 Å². The molecule has 3 nitrogen and oxygen atoms in total. The lowest BCUT2D eigenvalue weighted by Gasteiger charge is -2.08. The molecule has 0 fully saturated rings. The zero-order valence-corrected chi connectivity index (χ0v) is 12.0. The van der Waals surface area contributed by atoms with Crippen molar-refractivity contribution in [2.75, 3.05) is 0 Å². The fraction of sp³-hybridized carbons (Fsp3) is 0.333. The highest BCUT2D eigenvalue weighted by atomic mass is 32.2. The number of rotatable bonds is 5. The van der Waals surface area contributed by atoms with Crippen LogP contribution in [0, 0.1) is 0 Å². The van der Waals surface area contributed by atoms with Gasteiger partial charge in [0.25, 0.3) is 5.56 Å². The van der Waals surface area contributed by atoms with Crippen molar-refractivity contribution in [1.29, 1.82) is 0 Å². The summed E-state index contributed by atoms with van der Waals surface area (Å²) in [5, 5.41) is 1.17. The number of benzene rings is 1. The number of hydrogen-bond donors (Lipinski definition) is 1. The molecule has 0 radical (unpaired) electrons. The molecule has 0 saturated heterocycles. The maximum Gasteiger partial charge on any atom is 0.251 e. The number of thioether (sulfide) groups is 1. The van der Waals surface area contributed by atoms with Crippen LogP contribution >= 0.6 is 11.8 Å². The number of hydrogen-bond acceptors (Lipinski definition) is 3. The van der Waals surface area contributed by atoms with Gasteiger partial charge in [-0.1, -0.05) is 55.9 Å². The smallest absolute Gasteiger partial charge is 0.251 e. The lowest BCUT2D eigenvalue weighted by Crippen LogP contribution is -2.11. The Bertz CT molecular complexity index is 580. The quantitative estimate of drug-likeness (QED) is 0.672. The van der Waals surface area contributed by atoms with Crippen LogP contribution in [-0.2, 0) is 6.42 Å². The van der Waals surface area contributed by atoms with Crippen LogP contribution in [0.4, 0.5) is 0 Å². The summed E-state index contributed by atoms with van der Waals surface area (Å²) in [5.41, 5.74) is 1.91. The van der Waals surface area contributed by atoms with Crippen molar-refractivity contribution in [2.45, 2.75) is 37.1 Å². The van der Waals surface area contributed by atoms with E-state index in [1.165, 1.54) is 5.56 Å². The standard InChI is InChI=1S/C15H18N2OS/c1-3-11(2)19-15-16-13(10-14(18)17-15)9-12-7-5-4-6-8-12/h4-8,10-11H,3,9H2,1-2H3,(H,16,17,18)/t11-/m0/s1. The summed E-state index contributed by atoms with van der Waals surface area (Å²) in [6.07, 6.45) is 1.75. The second kappa shape index (κ2) is 6.57. The van der Waals surface area contributed by atoms with E-state index in [2.05, 4.69) is 23.8 Å². The lowest BCUT2D eigenvalue weighted by atomic mass is 10.1. The molecule has 1 aromatic heterocycles. The molecule has 1 aromatic carbocycles. The van der Waals surface area contributed by atoms with Gasteiger partial charge in [-0.25, -0.2) is 4.98 Å². The summed E-state index contributed by atoms with van der Waals surface area (Å²) in [6.45, 7) is 4.26. The Hall–Kier alpha value is -1.55. The Balaban J connectivity index is 2.19. The average molecular weight is 274 g/mol. The van der Waals surface area contributed by atoms with Crippen molar-refractivity contribution in [3.63, 3.8) is 0 Å². The first-order valence-electron chi connectivity index (χ1n) is 6.48. The van der Waals surface area contributed by atoms with Crippen LogP contribution in [0.5, 0.6) is 0 Å². The summed E-state index contributed by atoms with van der Waals surface area (Å²) in [7, 11) is 0. The minimum absolute atomic E-state index is 0.0771. The fourth-order valence-electron chi connectivity index (χ4n) is 1.71. The lowest BCUT2D eigenvalue weighted by molar-refractivity contribution is 0.853. The van der Waals surface area contributed by atoms with Gasteiger partial charge in [0.2, 0.25) is 0 Å². The number of aromatic amines is 1. The molecule has 0 amide bonds. The Morgan fingerprint density at radius 1 is 1.32 bits per heavy atom. The molecule has 0 aliphatic carbocycles. The molecule has 0 bridgehead atoms. The molecule has 0 spiro atoms. The topological polar surface area (TPSA) is 45.8 Å². The van der Waals surface area contributed by atoms with Crippen molar-refractivity contribution < 1.29 is 0 Å². The van der Waals surface area contributed by atoms with Gasteiger partial charge in [0.15, 0.2) is 5.16 Å². The summed E-state index contributed by atoms with van der Waals surface area (Å²) in [5.74, 6) is 0. The number of nitrogens with one attached hydrogen (secondary N) is 1. The van der Waals surface area contributed by atoms with Gasteiger partial charge < -0.3 is 4.98 Å². The number of H-pyrrole nitrogens is 1. The molecule has 4 heteroatoms. The second-order valence-electron chi connectivity index (χ2n) is 4.54. The second-order valence-corrected chi connectivity index (χ2v) is 5.97. The van der Waals surface area contributed by atoms with Gasteiger partial charge in [-0.2, -0.15) is 0 Å². The van der Waals surface area contributed by atoms with Gasteiger partial charge >= 0.3 is 0 Å². The minimum atomic E-state index is -0.0771. The molecule has 0 aliphatic heterocycles. The maximum atomic E-state index is 11.7. The Kier molecular flexibility index (Phi) is 4.80. The molecule has 19 heavy (non-hydrogen) atoms. The molecule has 0 aliphatic rings. The van der Waals surface area contributed by atoms with Crippen LogP contribution in [0.3, 0.4) is 0 Å². The van der Waals surface area contributed by atoms with Crippen molar-refractivity contribution >= 4 is 11.8 Å². The normalized spacial score (nSPS) is 12.3. The van der Waals surface area contributed by atoms with Crippen LogP contribution in [0.1, 0.15) is 31.5 Å². The third-order valence-corrected chi connectivity index (χ3v) is 4.04. The monoisotopic (exact) mass is 274 g/mol. The first-order valence-corrected chi connectivity index (χ1v) is 7.36. The molecule has 1 N–H and O–H groups in total. The first kappa shape index (κ1) is 13.9. The van der Waals surface area contributed by atoms with Gasteiger partial charge in [0.05, 0.1) is 5.69 Å². The third-order valence-electron chi connectivity index (χ3n) is 2.89. The summed E-state index contributed by atoms with van der Waals surface area (Å²) >= 11 is 1.62. The minimum Gasteiger partial charge on any atom is -0.301 e. The predicted molar refractivity (Wildman–Crippen MR) is 79.7 cm³/mol. The van der Waals surface area contributed by atoms with E-state index in [0.29, 0.717) is 16.8 Å². The largest absolute Gasteiger partial charge is 0.301 e. The van der Waals surface area contributed by atoms with Gasteiger partial charge in [-0.05, 0) is 12.0 Å². The van der Waals surface area contributed by atoms with Crippen LogP contribution in [0.15, 0.2) is 46.3 Å². The van der Waals surface area contributed by atoms with Crippen LogP contribution in [0.25, 0.3) is 0 Å². The molecule has 1 heterocycles. The van der Waals surface area contributed by atoms with E-state index in [0.717, 1.165) is 12.1 Å². The van der Waals surface area contributed by atoms with E-state index >= 15 is 0 Å². The number of aromatic nitrogens is 2. The van der Waals surface area contributed by atoms with Gasteiger partial charge in [-0.15, -0.1) is 0 Å². The molecule has 2 rings (SSSR count). The van der Waals surface area contributed by atoms with Crippen molar-refractivity contribution in [2.24, 2.45) is 0 Å². The highest BCUT2D eigenvalue weighted by molar-refractivity contribution is 7.99. The summed E-state index contributed by atoms with van der Waals surface area (Å²) in [6, 6.07) is 11.6. The van der Waals surface area contributed by atoms with Gasteiger partial charge in [0.1, 0.15) is 0 Å². The number of nitrogens with zero attached hydrogens (tertiary/aromatic N) is 1. The molecule has 2 aromatic rings. The van der Waals surface area contributed by atoms with Gasteiger partial charge in [0, 0.05) is 17.7 Å². The Morgan fingerprint density at radius 2 is 2.05 bits per heavy atom.